The molecular formula is C16H14N2O4. The number of anilines is 1. The second-order valence-electron chi connectivity index (χ2n) is 4.79. The highest BCUT2D eigenvalue weighted by molar-refractivity contribution is 6.06. The zero-order valence-electron chi connectivity index (χ0n) is 11.9. The van der Waals surface area contributed by atoms with Gasteiger partial charge in [-0.25, -0.2) is 0 Å². The Morgan fingerprint density at radius 3 is 2.77 bits per heavy atom. The van der Waals surface area contributed by atoms with Crippen LogP contribution in [-0.2, 0) is 0 Å². The van der Waals surface area contributed by atoms with Crippen LogP contribution in [-0.4, -0.2) is 23.6 Å². The highest BCUT2D eigenvalue weighted by Gasteiger charge is 2.16. The fourth-order valence-electron chi connectivity index (χ4n) is 2.12. The number of fused-ring (bicyclic) bond motifs is 1. The van der Waals surface area contributed by atoms with Crippen molar-refractivity contribution in [2.45, 2.75) is 6.92 Å². The lowest BCUT2D eigenvalue weighted by Gasteiger charge is -2.07. The number of benzene rings is 2. The first kappa shape index (κ1) is 13.9. The van der Waals surface area contributed by atoms with Gasteiger partial charge in [0.15, 0.2) is 11.5 Å². The van der Waals surface area contributed by atoms with Gasteiger partial charge in [0.1, 0.15) is 0 Å². The zero-order chi connectivity index (χ0) is 15.5. The maximum atomic E-state index is 12.3. The minimum atomic E-state index is -0.256. The summed E-state index contributed by atoms with van der Waals surface area (Å²) in [4.78, 5) is 12.3. The molecular weight excluding hydrogens is 284 g/mol. The smallest absolute Gasteiger partial charge is 0.255 e. The Hall–Kier alpha value is -3.02. The molecule has 0 aliphatic carbocycles. The highest BCUT2D eigenvalue weighted by atomic mass is 16.7. The number of hydrogen-bond acceptors (Lipinski definition) is 5. The molecule has 6 heteroatoms. The quantitative estimate of drug-likeness (QED) is 0.519. The lowest BCUT2D eigenvalue weighted by Crippen LogP contribution is -2.12. The molecule has 1 amide bonds. The van der Waals surface area contributed by atoms with Crippen LogP contribution in [0.3, 0.4) is 0 Å². The molecule has 2 aromatic carbocycles. The first-order chi connectivity index (χ1) is 10.7. The van der Waals surface area contributed by atoms with Crippen LogP contribution in [0.5, 0.6) is 11.5 Å². The predicted octanol–water partition coefficient (Wildman–Crippen LogP) is 2.87. The second-order valence-corrected chi connectivity index (χ2v) is 4.79. The van der Waals surface area contributed by atoms with E-state index in [9.17, 15) is 4.79 Å². The SMILES string of the molecule is C/C(=N\O)c1cccc(NC(=O)c2ccc3c(c2)OCO3)c1. The van der Waals surface area contributed by atoms with Crippen molar-refractivity contribution >= 4 is 17.3 Å². The van der Waals surface area contributed by atoms with E-state index in [1.54, 1.807) is 49.4 Å². The summed E-state index contributed by atoms with van der Waals surface area (Å²) in [6, 6.07) is 12.1. The minimum Gasteiger partial charge on any atom is -0.454 e. The van der Waals surface area contributed by atoms with E-state index in [-0.39, 0.29) is 12.7 Å². The number of oxime groups is 1. The van der Waals surface area contributed by atoms with Crippen molar-refractivity contribution in [1.29, 1.82) is 0 Å². The molecule has 6 nitrogen and oxygen atoms in total. The Morgan fingerprint density at radius 2 is 1.95 bits per heavy atom. The van der Waals surface area contributed by atoms with Crippen LogP contribution in [0.15, 0.2) is 47.6 Å². The average Bonchev–Trinajstić information content (AvgIpc) is 3.01. The van der Waals surface area contributed by atoms with Crippen molar-refractivity contribution in [3.05, 3.63) is 53.6 Å². The molecule has 0 fully saturated rings. The standard InChI is InChI=1S/C16H14N2O4/c1-10(18-20)11-3-2-4-13(7-11)17-16(19)12-5-6-14-15(8-12)22-9-21-14/h2-8,20H,9H2,1H3,(H,17,19)/b18-10+. The van der Waals surface area contributed by atoms with E-state index >= 15 is 0 Å². The fourth-order valence-corrected chi connectivity index (χ4v) is 2.12. The van der Waals surface area contributed by atoms with Crippen molar-refractivity contribution in [3.63, 3.8) is 0 Å². The molecule has 112 valence electrons. The number of nitrogens with one attached hydrogen (secondary N) is 1. The number of carbonyl (C=O) groups is 1. The number of carbonyl (C=O) groups excluding carboxylic acids is 1. The summed E-state index contributed by atoms with van der Waals surface area (Å²) in [5, 5.41) is 14.8. The van der Waals surface area contributed by atoms with Crippen LogP contribution in [0, 0.1) is 0 Å². The van der Waals surface area contributed by atoms with Crippen LogP contribution in [0.2, 0.25) is 0 Å². The van der Waals surface area contributed by atoms with Gasteiger partial charge in [0, 0.05) is 16.8 Å². The summed E-state index contributed by atoms with van der Waals surface area (Å²) in [5.74, 6) is 0.937. The first-order valence-electron chi connectivity index (χ1n) is 6.67. The normalized spacial score (nSPS) is 13.0. The molecule has 0 saturated heterocycles. The molecule has 0 bridgehead atoms. The van der Waals surface area contributed by atoms with E-state index in [0.29, 0.717) is 28.5 Å². The van der Waals surface area contributed by atoms with Crippen LogP contribution in [0.4, 0.5) is 5.69 Å². The van der Waals surface area contributed by atoms with Crippen LogP contribution in [0.25, 0.3) is 0 Å². The Kier molecular flexibility index (Phi) is 3.65. The molecule has 0 aromatic heterocycles. The summed E-state index contributed by atoms with van der Waals surface area (Å²) in [5.41, 5.74) is 2.29. The van der Waals surface area contributed by atoms with E-state index in [0.717, 1.165) is 5.56 Å². The number of nitrogens with zero attached hydrogens (tertiary/aromatic N) is 1. The van der Waals surface area contributed by atoms with Crippen molar-refractivity contribution in [3.8, 4) is 11.5 Å². The van der Waals surface area contributed by atoms with Gasteiger partial charge in [-0.15, -0.1) is 0 Å². The molecule has 0 saturated carbocycles. The van der Waals surface area contributed by atoms with Crippen LogP contribution in [0.1, 0.15) is 22.8 Å². The van der Waals surface area contributed by atoms with Gasteiger partial charge in [-0.3, -0.25) is 4.79 Å². The molecule has 1 heterocycles. The lowest BCUT2D eigenvalue weighted by atomic mass is 10.1. The summed E-state index contributed by atoms with van der Waals surface area (Å²) in [6.07, 6.45) is 0. The second kappa shape index (κ2) is 5.77. The van der Waals surface area contributed by atoms with Gasteiger partial charge < -0.3 is 20.0 Å². The molecule has 0 radical (unpaired) electrons. The third-order valence-corrected chi connectivity index (χ3v) is 3.32. The minimum absolute atomic E-state index is 0.169. The molecule has 0 atom stereocenters. The maximum Gasteiger partial charge on any atom is 0.255 e. The van der Waals surface area contributed by atoms with E-state index in [1.165, 1.54) is 0 Å². The molecule has 22 heavy (non-hydrogen) atoms. The van der Waals surface area contributed by atoms with E-state index in [1.807, 2.05) is 0 Å². The first-order valence-corrected chi connectivity index (χ1v) is 6.67. The lowest BCUT2D eigenvalue weighted by molar-refractivity contribution is 0.102. The number of ether oxygens (including phenoxy) is 2. The van der Waals surface area contributed by atoms with Crippen molar-refractivity contribution in [2.24, 2.45) is 5.16 Å². The summed E-state index contributed by atoms with van der Waals surface area (Å²) in [6.45, 7) is 1.85. The van der Waals surface area contributed by atoms with Gasteiger partial charge in [0.05, 0.1) is 5.71 Å². The van der Waals surface area contributed by atoms with E-state index in [2.05, 4.69) is 10.5 Å². The van der Waals surface area contributed by atoms with Gasteiger partial charge in [0.25, 0.3) is 5.91 Å². The molecule has 1 aliphatic heterocycles. The maximum absolute atomic E-state index is 12.3. The van der Waals surface area contributed by atoms with Gasteiger partial charge in [-0.05, 0) is 37.3 Å². The zero-order valence-corrected chi connectivity index (χ0v) is 11.9. The Balaban J connectivity index is 1.80. The number of hydrogen-bond donors (Lipinski definition) is 2. The Morgan fingerprint density at radius 1 is 1.14 bits per heavy atom. The van der Waals surface area contributed by atoms with Gasteiger partial charge >= 0.3 is 0 Å². The third-order valence-electron chi connectivity index (χ3n) is 3.32. The summed E-state index contributed by atoms with van der Waals surface area (Å²) in [7, 11) is 0. The Bertz CT molecular complexity index is 756. The van der Waals surface area contributed by atoms with Crippen molar-refractivity contribution in [2.75, 3.05) is 12.1 Å². The molecule has 2 N–H and O–H groups in total. The molecule has 2 aromatic rings. The van der Waals surface area contributed by atoms with Gasteiger partial charge in [-0.1, -0.05) is 17.3 Å². The molecule has 1 aliphatic rings. The van der Waals surface area contributed by atoms with Gasteiger partial charge in [-0.2, -0.15) is 0 Å². The predicted molar refractivity (Wildman–Crippen MR) is 81.0 cm³/mol. The molecule has 0 unspecified atom stereocenters. The highest BCUT2D eigenvalue weighted by Crippen LogP contribution is 2.32. The third kappa shape index (κ3) is 2.71. The van der Waals surface area contributed by atoms with Crippen LogP contribution < -0.4 is 14.8 Å². The summed E-state index contributed by atoms with van der Waals surface area (Å²) >= 11 is 0. The molecule has 3 rings (SSSR count). The number of amides is 1. The molecule has 0 spiro atoms. The van der Waals surface area contributed by atoms with E-state index < -0.39 is 0 Å². The van der Waals surface area contributed by atoms with Crippen molar-refractivity contribution < 1.29 is 19.5 Å². The summed E-state index contributed by atoms with van der Waals surface area (Å²) < 4.78 is 10.5. The average molecular weight is 298 g/mol. The van der Waals surface area contributed by atoms with Crippen molar-refractivity contribution in [1.82, 2.24) is 0 Å². The van der Waals surface area contributed by atoms with E-state index in [4.69, 9.17) is 14.7 Å². The number of rotatable bonds is 3. The monoisotopic (exact) mass is 298 g/mol. The van der Waals surface area contributed by atoms with Gasteiger partial charge in [0.2, 0.25) is 6.79 Å². The largest absolute Gasteiger partial charge is 0.454 e. The topological polar surface area (TPSA) is 80.2 Å². The Labute approximate surface area is 127 Å². The fraction of sp³-hybridized carbons (Fsp3) is 0.125. The van der Waals surface area contributed by atoms with Crippen LogP contribution >= 0.6 is 0 Å².